The summed E-state index contributed by atoms with van der Waals surface area (Å²) in [5.41, 5.74) is 1.57. The molecule has 2 aromatic rings. The minimum Gasteiger partial charge on any atom is -0.352 e. The van der Waals surface area contributed by atoms with Gasteiger partial charge in [0.05, 0.1) is 4.90 Å². The molecule has 24 heavy (non-hydrogen) atoms. The first-order valence-corrected chi connectivity index (χ1v) is 10.1. The van der Waals surface area contributed by atoms with Crippen LogP contribution in [0.25, 0.3) is 0 Å². The van der Waals surface area contributed by atoms with E-state index in [1.165, 1.54) is 23.9 Å². The molecule has 0 unspecified atom stereocenters. The van der Waals surface area contributed by atoms with Crippen molar-refractivity contribution in [3.8, 4) is 0 Å². The molecule has 128 valence electrons. The molecule has 2 N–H and O–H groups in total. The first-order valence-electron chi connectivity index (χ1n) is 7.43. The van der Waals surface area contributed by atoms with Crippen LogP contribution in [0.1, 0.15) is 22.8 Å². The number of hydrogen-bond acceptors (Lipinski definition) is 4. The third-order valence-corrected chi connectivity index (χ3v) is 5.53. The second-order valence-corrected chi connectivity index (χ2v) is 7.74. The lowest BCUT2D eigenvalue weighted by atomic mass is 10.1. The average Bonchev–Trinajstić information content (AvgIpc) is 2.55. The van der Waals surface area contributed by atoms with Crippen LogP contribution in [0.3, 0.4) is 0 Å². The largest absolute Gasteiger partial charge is 0.352 e. The van der Waals surface area contributed by atoms with Gasteiger partial charge in [-0.25, -0.2) is 8.42 Å². The van der Waals surface area contributed by atoms with Gasteiger partial charge in [0, 0.05) is 22.7 Å². The molecule has 2 aromatic carbocycles. The maximum Gasteiger partial charge on any atom is 0.261 e. The van der Waals surface area contributed by atoms with E-state index >= 15 is 0 Å². The fourth-order valence-corrected chi connectivity index (χ4v) is 3.70. The highest BCUT2D eigenvalue weighted by Crippen LogP contribution is 2.23. The van der Waals surface area contributed by atoms with Gasteiger partial charge >= 0.3 is 0 Å². The fourth-order valence-electron chi connectivity index (χ4n) is 2.17. The van der Waals surface area contributed by atoms with Crippen LogP contribution in [0.4, 0.5) is 5.69 Å². The molecule has 0 saturated carbocycles. The maximum atomic E-state index is 12.6. The Morgan fingerprint density at radius 1 is 1.17 bits per heavy atom. The Balaban J connectivity index is 2.35. The highest BCUT2D eigenvalue weighted by molar-refractivity contribution is 7.98. The number of thioether (sulfide) groups is 1. The molecule has 0 aromatic heterocycles. The normalized spacial score (nSPS) is 11.1. The van der Waals surface area contributed by atoms with Crippen LogP contribution in [0.15, 0.2) is 52.3 Å². The van der Waals surface area contributed by atoms with Gasteiger partial charge in [-0.15, -0.1) is 11.8 Å². The summed E-state index contributed by atoms with van der Waals surface area (Å²) in [4.78, 5) is 13.1. The van der Waals surface area contributed by atoms with Crippen molar-refractivity contribution in [2.75, 3.05) is 17.5 Å². The fraction of sp³-hybridized carbons (Fsp3) is 0.235. The van der Waals surface area contributed by atoms with Gasteiger partial charge in [-0.3, -0.25) is 9.52 Å². The van der Waals surface area contributed by atoms with Crippen molar-refractivity contribution in [3.05, 3.63) is 53.6 Å². The lowest BCUT2D eigenvalue weighted by Gasteiger charge is -2.12. The van der Waals surface area contributed by atoms with Gasteiger partial charge in [-0.05, 0) is 56.0 Å². The molecule has 0 aliphatic carbocycles. The lowest BCUT2D eigenvalue weighted by molar-refractivity contribution is 0.0955. The van der Waals surface area contributed by atoms with Gasteiger partial charge in [0.1, 0.15) is 0 Å². The maximum absolute atomic E-state index is 12.6. The molecule has 2 rings (SSSR count). The third kappa shape index (κ3) is 4.30. The van der Waals surface area contributed by atoms with E-state index in [0.29, 0.717) is 17.8 Å². The molecule has 0 heterocycles. The van der Waals surface area contributed by atoms with Crippen LogP contribution >= 0.6 is 11.8 Å². The smallest absolute Gasteiger partial charge is 0.261 e. The molecule has 7 heteroatoms. The summed E-state index contributed by atoms with van der Waals surface area (Å²) in [6.07, 6.45) is 1.92. The first-order chi connectivity index (χ1) is 11.4. The Bertz CT molecular complexity index is 849. The van der Waals surface area contributed by atoms with Crippen LogP contribution < -0.4 is 10.0 Å². The quantitative estimate of drug-likeness (QED) is 0.772. The van der Waals surface area contributed by atoms with E-state index in [1.54, 1.807) is 31.2 Å². The number of benzene rings is 2. The summed E-state index contributed by atoms with van der Waals surface area (Å²) in [7, 11) is -3.77. The minimum atomic E-state index is -3.77. The Kier molecular flexibility index (Phi) is 5.90. The molecule has 0 fully saturated rings. The van der Waals surface area contributed by atoms with Crippen molar-refractivity contribution in [2.24, 2.45) is 0 Å². The predicted molar refractivity (Wildman–Crippen MR) is 98.2 cm³/mol. The summed E-state index contributed by atoms with van der Waals surface area (Å²) in [5.74, 6) is -0.281. The van der Waals surface area contributed by atoms with E-state index < -0.39 is 10.0 Å². The van der Waals surface area contributed by atoms with Gasteiger partial charge < -0.3 is 5.32 Å². The van der Waals surface area contributed by atoms with Crippen molar-refractivity contribution < 1.29 is 13.2 Å². The number of sulfonamides is 1. The molecule has 0 aliphatic rings. The molecule has 1 amide bonds. The van der Waals surface area contributed by atoms with Gasteiger partial charge in [0.2, 0.25) is 0 Å². The SMILES string of the molecule is CCNC(=O)c1cc(S(=O)(=O)Nc2cccc(SC)c2)ccc1C. The highest BCUT2D eigenvalue weighted by Gasteiger charge is 2.18. The monoisotopic (exact) mass is 364 g/mol. The van der Waals surface area contributed by atoms with Crippen LogP contribution in [-0.4, -0.2) is 27.1 Å². The Hall–Kier alpha value is -1.99. The Morgan fingerprint density at radius 2 is 1.92 bits per heavy atom. The molecule has 0 saturated heterocycles. The zero-order chi connectivity index (χ0) is 17.7. The first kappa shape index (κ1) is 18.4. The molecular weight excluding hydrogens is 344 g/mol. The molecule has 0 radical (unpaired) electrons. The predicted octanol–water partition coefficient (Wildman–Crippen LogP) is 3.27. The van der Waals surface area contributed by atoms with E-state index in [1.807, 2.05) is 19.2 Å². The Labute approximate surface area is 146 Å². The number of carbonyl (C=O) groups is 1. The number of nitrogens with one attached hydrogen (secondary N) is 2. The Morgan fingerprint density at radius 3 is 2.58 bits per heavy atom. The van der Waals surface area contributed by atoms with E-state index in [4.69, 9.17) is 0 Å². The summed E-state index contributed by atoms with van der Waals surface area (Å²) < 4.78 is 27.7. The van der Waals surface area contributed by atoms with Gasteiger partial charge in [0.15, 0.2) is 0 Å². The number of anilines is 1. The second-order valence-electron chi connectivity index (χ2n) is 5.17. The standard InChI is InChI=1S/C17H20N2O3S2/c1-4-18-17(20)16-11-15(9-8-12(16)2)24(21,22)19-13-6-5-7-14(10-13)23-3/h5-11,19H,4H2,1-3H3,(H,18,20). The number of amides is 1. The van der Waals surface area contributed by atoms with Gasteiger partial charge in [-0.1, -0.05) is 12.1 Å². The topological polar surface area (TPSA) is 75.3 Å². The van der Waals surface area contributed by atoms with E-state index in [9.17, 15) is 13.2 Å². The van der Waals surface area contributed by atoms with Crippen molar-refractivity contribution >= 4 is 33.4 Å². The van der Waals surface area contributed by atoms with Crippen LogP contribution in [0.5, 0.6) is 0 Å². The number of carbonyl (C=O) groups excluding carboxylic acids is 1. The van der Waals surface area contributed by atoms with Gasteiger partial charge in [-0.2, -0.15) is 0 Å². The minimum absolute atomic E-state index is 0.0592. The number of aryl methyl sites for hydroxylation is 1. The van der Waals surface area contributed by atoms with Crippen LogP contribution in [0, 0.1) is 6.92 Å². The van der Waals surface area contributed by atoms with Crippen molar-refractivity contribution in [2.45, 2.75) is 23.6 Å². The zero-order valence-electron chi connectivity index (χ0n) is 13.8. The van der Waals surface area contributed by atoms with Crippen molar-refractivity contribution in [1.82, 2.24) is 5.32 Å². The second kappa shape index (κ2) is 7.72. The number of rotatable bonds is 6. The molecule has 0 aliphatic heterocycles. The van der Waals surface area contributed by atoms with E-state index in [2.05, 4.69) is 10.0 Å². The van der Waals surface area contributed by atoms with E-state index in [-0.39, 0.29) is 10.8 Å². The average molecular weight is 364 g/mol. The summed E-state index contributed by atoms with van der Waals surface area (Å²) in [5, 5.41) is 2.69. The molecule has 5 nitrogen and oxygen atoms in total. The van der Waals surface area contributed by atoms with Crippen molar-refractivity contribution in [3.63, 3.8) is 0 Å². The van der Waals surface area contributed by atoms with Crippen molar-refractivity contribution in [1.29, 1.82) is 0 Å². The number of hydrogen-bond donors (Lipinski definition) is 2. The summed E-state index contributed by atoms with van der Waals surface area (Å²) in [6.45, 7) is 4.07. The highest BCUT2D eigenvalue weighted by atomic mass is 32.2. The molecule has 0 spiro atoms. The van der Waals surface area contributed by atoms with Crippen LogP contribution in [-0.2, 0) is 10.0 Å². The summed E-state index contributed by atoms with van der Waals surface area (Å²) >= 11 is 1.53. The molecule has 0 bridgehead atoms. The lowest BCUT2D eigenvalue weighted by Crippen LogP contribution is -2.24. The summed E-state index contributed by atoms with van der Waals surface area (Å²) in [6, 6.07) is 11.7. The zero-order valence-corrected chi connectivity index (χ0v) is 15.4. The van der Waals surface area contributed by atoms with Crippen LogP contribution in [0.2, 0.25) is 0 Å². The molecular formula is C17H20N2O3S2. The molecule has 0 atom stereocenters. The van der Waals surface area contributed by atoms with E-state index in [0.717, 1.165) is 10.5 Å². The van der Waals surface area contributed by atoms with Gasteiger partial charge in [0.25, 0.3) is 15.9 Å². The third-order valence-electron chi connectivity index (χ3n) is 3.42.